The largest absolute Gasteiger partial charge is 0.463 e. The van der Waals surface area contributed by atoms with Gasteiger partial charge in [0, 0.05) is 25.3 Å². The molecule has 2 amide bonds. The molecule has 0 aliphatic rings. The molecule has 31 heavy (non-hydrogen) atoms. The van der Waals surface area contributed by atoms with Gasteiger partial charge in [-0.05, 0) is 54.1 Å². The highest BCUT2D eigenvalue weighted by Gasteiger charge is 2.15. The van der Waals surface area contributed by atoms with Crippen molar-refractivity contribution in [1.29, 1.82) is 0 Å². The number of hydrogen-bond donors (Lipinski definition) is 2. The first-order valence-electron chi connectivity index (χ1n) is 9.35. The Balaban J connectivity index is 1.83. The summed E-state index contributed by atoms with van der Waals surface area (Å²) in [6.45, 7) is 0. The number of hydrazone groups is 1. The first-order chi connectivity index (χ1) is 14.9. The van der Waals surface area contributed by atoms with Crippen LogP contribution in [-0.4, -0.2) is 32.1 Å². The van der Waals surface area contributed by atoms with E-state index in [-0.39, 0.29) is 11.3 Å². The highest BCUT2D eigenvalue weighted by Crippen LogP contribution is 2.15. The van der Waals surface area contributed by atoms with Gasteiger partial charge in [0.1, 0.15) is 17.3 Å². The number of anilines is 1. The van der Waals surface area contributed by atoms with E-state index in [1.807, 2.05) is 43.3 Å². The van der Waals surface area contributed by atoms with Crippen LogP contribution >= 0.6 is 0 Å². The second kappa shape index (κ2) is 10.0. The summed E-state index contributed by atoms with van der Waals surface area (Å²) in [5.74, 6) is -1.37. The van der Waals surface area contributed by atoms with E-state index in [1.54, 1.807) is 12.1 Å². The number of halogens is 1. The van der Waals surface area contributed by atoms with Gasteiger partial charge < -0.3 is 14.6 Å². The fourth-order valence-corrected chi connectivity index (χ4v) is 2.60. The van der Waals surface area contributed by atoms with Crippen LogP contribution in [0.4, 0.5) is 10.1 Å². The molecule has 2 N–H and O–H groups in total. The predicted octanol–water partition coefficient (Wildman–Crippen LogP) is 3.41. The van der Waals surface area contributed by atoms with Crippen LogP contribution in [-0.2, 0) is 4.79 Å². The molecule has 0 atom stereocenters. The topological polar surface area (TPSA) is 86.9 Å². The molecule has 158 valence electrons. The van der Waals surface area contributed by atoms with E-state index in [2.05, 4.69) is 15.8 Å². The van der Waals surface area contributed by atoms with Crippen molar-refractivity contribution in [2.75, 3.05) is 19.0 Å². The number of amides is 2. The number of carbonyl (C=O) groups is 2. The van der Waals surface area contributed by atoms with E-state index in [0.717, 1.165) is 11.8 Å². The number of rotatable bonds is 7. The Kier molecular flexibility index (Phi) is 6.95. The summed E-state index contributed by atoms with van der Waals surface area (Å²) in [4.78, 5) is 27.2. The summed E-state index contributed by atoms with van der Waals surface area (Å²) in [6.07, 6.45) is 4.31. The number of carbonyl (C=O) groups excluding carboxylic acids is 2. The van der Waals surface area contributed by atoms with Gasteiger partial charge in [-0.2, -0.15) is 5.10 Å². The van der Waals surface area contributed by atoms with Crippen molar-refractivity contribution >= 4 is 29.8 Å². The molecule has 1 heterocycles. The molecule has 3 rings (SSSR count). The maximum absolute atomic E-state index is 13.5. The van der Waals surface area contributed by atoms with E-state index in [9.17, 15) is 14.0 Å². The standard InChI is InChI=1S/C23H21FN4O3/c1-28(2)19-10-8-16(9-11-19)13-21(23(30)27-25-15-20-7-4-12-31-20)26-22(29)17-5-3-6-18(24)14-17/h3-15H,1-2H3,(H,26,29)(H,27,30)/b21-13-,25-15-. The van der Waals surface area contributed by atoms with Gasteiger partial charge in [-0.25, -0.2) is 9.82 Å². The highest BCUT2D eigenvalue weighted by atomic mass is 19.1. The van der Waals surface area contributed by atoms with Gasteiger partial charge in [-0.3, -0.25) is 9.59 Å². The molecule has 0 spiro atoms. The monoisotopic (exact) mass is 420 g/mol. The smallest absolute Gasteiger partial charge is 0.287 e. The minimum atomic E-state index is -0.649. The van der Waals surface area contributed by atoms with E-state index in [1.165, 1.54) is 36.8 Å². The quantitative estimate of drug-likeness (QED) is 0.348. The molecule has 0 radical (unpaired) electrons. The lowest BCUT2D eigenvalue weighted by Crippen LogP contribution is -2.32. The van der Waals surface area contributed by atoms with E-state index in [4.69, 9.17) is 4.42 Å². The predicted molar refractivity (Wildman–Crippen MR) is 117 cm³/mol. The van der Waals surface area contributed by atoms with Gasteiger partial charge in [0.05, 0.1) is 12.5 Å². The average molecular weight is 420 g/mol. The summed E-state index contributed by atoms with van der Waals surface area (Å²) < 4.78 is 18.6. The van der Waals surface area contributed by atoms with Crippen LogP contribution in [0, 0.1) is 5.82 Å². The van der Waals surface area contributed by atoms with Gasteiger partial charge in [0.15, 0.2) is 0 Å². The molecule has 0 aliphatic carbocycles. The molecule has 0 bridgehead atoms. The molecule has 3 aromatic rings. The third kappa shape index (κ3) is 6.14. The van der Waals surface area contributed by atoms with Crippen molar-refractivity contribution in [2.24, 2.45) is 5.10 Å². The van der Waals surface area contributed by atoms with Crippen molar-refractivity contribution in [1.82, 2.24) is 10.7 Å². The Labute approximate surface area is 178 Å². The lowest BCUT2D eigenvalue weighted by molar-refractivity contribution is -0.117. The van der Waals surface area contributed by atoms with Crippen molar-refractivity contribution in [3.8, 4) is 0 Å². The second-order valence-corrected chi connectivity index (χ2v) is 6.72. The van der Waals surface area contributed by atoms with Crippen LogP contribution in [0.15, 0.2) is 82.1 Å². The van der Waals surface area contributed by atoms with Crippen molar-refractivity contribution in [2.45, 2.75) is 0 Å². The molecule has 0 fully saturated rings. The fraction of sp³-hybridized carbons (Fsp3) is 0.0870. The molecule has 2 aromatic carbocycles. The van der Waals surface area contributed by atoms with Gasteiger partial charge in [-0.1, -0.05) is 18.2 Å². The molecule has 7 nitrogen and oxygen atoms in total. The number of nitrogens with zero attached hydrogens (tertiary/aromatic N) is 2. The zero-order valence-corrected chi connectivity index (χ0v) is 17.0. The van der Waals surface area contributed by atoms with Crippen molar-refractivity contribution in [3.05, 3.63) is 95.3 Å². The first-order valence-corrected chi connectivity index (χ1v) is 9.35. The molecule has 0 saturated heterocycles. The molecular formula is C23H21FN4O3. The molecular weight excluding hydrogens is 399 g/mol. The Morgan fingerprint density at radius 2 is 1.84 bits per heavy atom. The summed E-state index contributed by atoms with van der Waals surface area (Å²) in [6, 6.07) is 15.9. The van der Waals surface area contributed by atoms with Crippen LogP contribution in [0.25, 0.3) is 6.08 Å². The third-order valence-electron chi connectivity index (χ3n) is 4.20. The lowest BCUT2D eigenvalue weighted by Gasteiger charge is -2.12. The van der Waals surface area contributed by atoms with Gasteiger partial charge >= 0.3 is 0 Å². The normalized spacial score (nSPS) is 11.4. The van der Waals surface area contributed by atoms with Gasteiger partial charge in [0.2, 0.25) is 0 Å². The number of furan rings is 1. The lowest BCUT2D eigenvalue weighted by atomic mass is 10.1. The Bertz CT molecular complexity index is 1100. The molecule has 0 saturated carbocycles. The molecule has 0 aliphatic heterocycles. The van der Waals surface area contributed by atoms with Crippen LogP contribution in [0.1, 0.15) is 21.7 Å². The zero-order valence-electron chi connectivity index (χ0n) is 17.0. The Morgan fingerprint density at radius 3 is 2.48 bits per heavy atom. The van der Waals surface area contributed by atoms with Crippen LogP contribution in [0.2, 0.25) is 0 Å². The van der Waals surface area contributed by atoms with Gasteiger partial charge in [0.25, 0.3) is 11.8 Å². The van der Waals surface area contributed by atoms with Crippen LogP contribution < -0.4 is 15.6 Å². The van der Waals surface area contributed by atoms with Gasteiger partial charge in [-0.15, -0.1) is 0 Å². The zero-order chi connectivity index (χ0) is 22.2. The number of nitrogens with one attached hydrogen (secondary N) is 2. The van der Waals surface area contributed by atoms with Crippen molar-refractivity contribution in [3.63, 3.8) is 0 Å². The summed E-state index contributed by atoms with van der Waals surface area (Å²) >= 11 is 0. The first kappa shape index (κ1) is 21.5. The van der Waals surface area contributed by atoms with E-state index in [0.29, 0.717) is 11.3 Å². The maximum atomic E-state index is 13.5. The minimum absolute atomic E-state index is 0.0524. The summed E-state index contributed by atoms with van der Waals surface area (Å²) in [5, 5.41) is 6.36. The van der Waals surface area contributed by atoms with Crippen LogP contribution in [0.5, 0.6) is 0 Å². The van der Waals surface area contributed by atoms with Crippen molar-refractivity contribution < 1.29 is 18.4 Å². The van der Waals surface area contributed by atoms with Crippen LogP contribution in [0.3, 0.4) is 0 Å². The average Bonchev–Trinajstić information content (AvgIpc) is 3.27. The number of benzene rings is 2. The summed E-state index contributed by atoms with van der Waals surface area (Å²) in [7, 11) is 3.83. The minimum Gasteiger partial charge on any atom is -0.463 e. The van der Waals surface area contributed by atoms with E-state index < -0.39 is 17.6 Å². The third-order valence-corrected chi connectivity index (χ3v) is 4.20. The highest BCUT2D eigenvalue weighted by molar-refractivity contribution is 6.05. The molecule has 1 aromatic heterocycles. The molecule has 0 unspecified atom stereocenters. The Morgan fingerprint density at radius 1 is 1.06 bits per heavy atom. The molecule has 8 heteroatoms. The maximum Gasteiger partial charge on any atom is 0.287 e. The number of hydrogen-bond acceptors (Lipinski definition) is 5. The van der Waals surface area contributed by atoms with E-state index >= 15 is 0 Å². The fourth-order valence-electron chi connectivity index (χ4n) is 2.60. The SMILES string of the molecule is CN(C)c1ccc(/C=C(\NC(=O)c2cccc(F)c2)C(=O)N/N=C\c2ccco2)cc1. The Hall–Kier alpha value is -4.20. The summed E-state index contributed by atoms with van der Waals surface area (Å²) in [5.41, 5.74) is 4.04. The second-order valence-electron chi connectivity index (χ2n) is 6.72.